The predicted octanol–water partition coefficient (Wildman–Crippen LogP) is 2.64. The highest BCUT2D eigenvalue weighted by molar-refractivity contribution is 5.34. The van der Waals surface area contributed by atoms with E-state index in [2.05, 4.69) is 29.4 Å². The molecule has 1 N–H and O–H groups in total. The van der Waals surface area contributed by atoms with E-state index in [-0.39, 0.29) is 6.10 Å². The van der Waals surface area contributed by atoms with Crippen LogP contribution in [0.5, 0.6) is 0 Å². The van der Waals surface area contributed by atoms with Gasteiger partial charge in [-0.15, -0.1) is 5.10 Å². The van der Waals surface area contributed by atoms with Crippen molar-refractivity contribution in [2.75, 3.05) is 6.61 Å². The van der Waals surface area contributed by atoms with Gasteiger partial charge in [-0.3, -0.25) is 0 Å². The van der Waals surface area contributed by atoms with Crippen LogP contribution in [-0.2, 0) is 11.3 Å². The van der Waals surface area contributed by atoms with E-state index in [0.29, 0.717) is 19.1 Å². The van der Waals surface area contributed by atoms with Crippen LogP contribution in [0.2, 0.25) is 0 Å². The van der Waals surface area contributed by atoms with Gasteiger partial charge in [-0.05, 0) is 56.2 Å². The number of ether oxygens (including phenoxy) is 1. The molecule has 1 fully saturated rings. The Kier molecular flexibility index (Phi) is 4.85. The molecule has 1 saturated carbocycles. The van der Waals surface area contributed by atoms with Crippen molar-refractivity contribution < 1.29 is 9.84 Å². The van der Waals surface area contributed by atoms with E-state index in [9.17, 15) is 0 Å². The summed E-state index contributed by atoms with van der Waals surface area (Å²) in [5, 5.41) is 17.5. The van der Waals surface area contributed by atoms with Gasteiger partial charge < -0.3 is 9.84 Å². The highest BCUT2D eigenvalue weighted by Gasteiger charge is 2.21. The average molecular weight is 301 g/mol. The zero-order valence-corrected chi connectivity index (χ0v) is 13.0. The third-order valence-electron chi connectivity index (χ3n) is 4.33. The Bertz CT molecular complexity index is 603. The minimum atomic E-state index is 0.284. The first-order valence-electron chi connectivity index (χ1n) is 7.95. The summed E-state index contributed by atoms with van der Waals surface area (Å²) in [7, 11) is 0. The number of rotatable bonds is 5. The molecule has 1 aromatic carbocycles. The average Bonchev–Trinajstić information content (AvgIpc) is 3.02. The first-order chi connectivity index (χ1) is 10.7. The van der Waals surface area contributed by atoms with Crippen molar-refractivity contribution in [3.63, 3.8) is 0 Å². The second-order valence-corrected chi connectivity index (χ2v) is 6.13. The summed E-state index contributed by atoms with van der Waals surface area (Å²) < 4.78 is 7.72. The van der Waals surface area contributed by atoms with Crippen LogP contribution in [-0.4, -0.2) is 32.8 Å². The first-order valence-corrected chi connectivity index (χ1v) is 7.95. The maximum atomic E-state index is 9.15. The monoisotopic (exact) mass is 301 g/mol. The van der Waals surface area contributed by atoms with E-state index in [0.717, 1.165) is 37.1 Å². The van der Waals surface area contributed by atoms with Crippen LogP contribution in [0, 0.1) is 12.8 Å². The van der Waals surface area contributed by atoms with Crippen molar-refractivity contribution in [2.45, 2.75) is 45.3 Å². The van der Waals surface area contributed by atoms with Crippen molar-refractivity contribution in [1.82, 2.24) is 15.0 Å². The van der Waals surface area contributed by atoms with Crippen molar-refractivity contribution in [3.8, 4) is 5.69 Å². The Morgan fingerprint density at radius 1 is 1.27 bits per heavy atom. The van der Waals surface area contributed by atoms with E-state index >= 15 is 0 Å². The van der Waals surface area contributed by atoms with Crippen LogP contribution in [0.25, 0.3) is 5.69 Å². The summed E-state index contributed by atoms with van der Waals surface area (Å²) in [4.78, 5) is 0. The van der Waals surface area contributed by atoms with Gasteiger partial charge in [-0.2, -0.15) is 0 Å². The number of hydrogen-bond acceptors (Lipinski definition) is 4. The Hall–Kier alpha value is -1.72. The van der Waals surface area contributed by atoms with E-state index in [1.54, 1.807) is 4.68 Å². The molecule has 5 nitrogen and oxygen atoms in total. The lowest BCUT2D eigenvalue weighted by Gasteiger charge is -2.26. The van der Waals surface area contributed by atoms with Gasteiger partial charge >= 0.3 is 0 Å². The summed E-state index contributed by atoms with van der Waals surface area (Å²) in [6, 6.07) is 8.17. The summed E-state index contributed by atoms with van der Waals surface area (Å²) >= 11 is 0. The molecule has 0 radical (unpaired) electrons. The van der Waals surface area contributed by atoms with Gasteiger partial charge in [-0.1, -0.05) is 17.3 Å². The fourth-order valence-electron chi connectivity index (χ4n) is 2.95. The van der Waals surface area contributed by atoms with Crippen molar-refractivity contribution in [1.29, 1.82) is 0 Å². The molecular weight excluding hydrogens is 278 g/mol. The molecule has 22 heavy (non-hydrogen) atoms. The minimum absolute atomic E-state index is 0.284. The Labute approximate surface area is 130 Å². The number of aryl methyl sites for hydroxylation is 1. The quantitative estimate of drug-likeness (QED) is 0.922. The number of hydrogen-bond donors (Lipinski definition) is 1. The van der Waals surface area contributed by atoms with Crippen LogP contribution in [0.4, 0.5) is 0 Å². The number of nitrogens with zero attached hydrogens (tertiary/aromatic N) is 3. The van der Waals surface area contributed by atoms with Crippen LogP contribution < -0.4 is 0 Å². The highest BCUT2D eigenvalue weighted by atomic mass is 16.5. The standard InChI is InChI=1S/C17H23N3O2/c1-13-3-2-4-16(9-13)20-10-15(18-19-20)12-22-17-7-5-14(11-21)6-8-17/h2-4,9-10,14,17,21H,5-8,11-12H2,1H3. The maximum Gasteiger partial charge on any atom is 0.109 e. The first kappa shape index (κ1) is 15.2. The number of aliphatic hydroxyl groups is 1. The third kappa shape index (κ3) is 3.72. The molecule has 118 valence electrons. The van der Waals surface area contributed by atoms with E-state index in [4.69, 9.17) is 9.84 Å². The van der Waals surface area contributed by atoms with Crippen LogP contribution in [0.15, 0.2) is 30.5 Å². The molecule has 1 heterocycles. The largest absolute Gasteiger partial charge is 0.396 e. The molecule has 0 atom stereocenters. The molecule has 0 amide bonds. The van der Waals surface area contributed by atoms with Crippen molar-refractivity contribution in [2.24, 2.45) is 5.92 Å². The second kappa shape index (κ2) is 7.03. The minimum Gasteiger partial charge on any atom is -0.396 e. The Balaban J connectivity index is 1.54. The molecule has 0 saturated heterocycles. The van der Waals surface area contributed by atoms with Gasteiger partial charge in [0, 0.05) is 6.61 Å². The normalized spacial score (nSPS) is 21.9. The molecular formula is C17H23N3O2. The van der Waals surface area contributed by atoms with E-state index in [1.807, 2.05) is 18.3 Å². The lowest BCUT2D eigenvalue weighted by Crippen LogP contribution is -2.23. The smallest absolute Gasteiger partial charge is 0.109 e. The lowest BCUT2D eigenvalue weighted by atomic mass is 9.88. The predicted molar refractivity (Wildman–Crippen MR) is 83.7 cm³/mol. The summed E-state index contributed by atoms with van der Waals surface area (Å²) in [6.45, 7) is 2.87. The second-order valence-electron chi connectivity index (χ2n) is 6.13. The molecule has 1 aliphatic carbocycles. The van der Waals surface area contributed by atoms with Crippen molar-refractivity contribution >= 4 is 0 Å². The molecule has 1 aliphatic rings. The zero-order valence-electron chi connectivity index (χ0n) is 13.0. The molecule has 0 spiro atoms. The van der Waals surface area contributed by atoms with E-state index in [1.165, 1.54) is 5.56 Å². The fraction of sp³-hybridized carbons (Fsp3) is 0.529. The Morgan fingerprint density at radius 3 is 2.82 bits per heavy atom. The van der Waals surface area contributed by atoms with Gasteiger partial charge in [0.2, 0.25) is 0 Å². The number of aromatic nitrogens is 3. The molecule has 3 rings (SSSR count). The molecule has 0 unspecified atom stereocenters. The number of benzene rings is 1. The van der Waals surface area contributed by atoms with Crippen molar-refractivity contribution in [3.05, 3.63) is 41.7 Å². The SMILES string of the molecule is Cc1cccc(-n2cc(COC3CCC(CO)CC3)nn2)c1. The summed E-state index contributed by atoms with van der Waals surface area (Å²) in [6.07, 6.45) is 6.36. The molecule has 1 aromatic heterocycles. The third-order valence-corrected chi connectivity index (χ3v) is 4.33. The van der Waals surface area contributed by atoms with E-state index < -0.39 is 0 Å². The molecule has 0 aliphatic heterocycles. The topological polar surface area (TPSA) is 60.2 Å². The van der Waals surface area contributed by atoms with Gasteiger partial charge in [0.15, 0.2) is 0 Å². The lowest BCUT2D eigenvalue weighted by molar-refractivity contribution is -0.000180. The number of aliphatic hydroxyl groups excluding tert-OH is 1. The summed E-state index contributed by atoms with van der Waals surface area (Å²) in [5.41, 5.74) is 3.07. The molecule has 2 aromatic rings. The zero-order chi connectivity index (χ0) is 15.4. The van der Waals surface area contributed by atoms with Gasteiger partial charge in [0.1, 0.15) is 5.69 Å². The molecule has 5 heteroatoms. The maximum absolute atomic E-state index is 9.15. The highest BCUT2D eigenvalue weighted by Crippen LogP contribution is 2.26. The van der Waals surface area contributed by atoms with Gasteiger partial charge in [0.25, 0.3) is 0 Å². The van der Waals surface area contributed by atoms with Gasteiger partial charge in [-0.25, -0.2) is 4.68 Å². The van der Waals surface area contributed by atoms with Gasteiger partial charge in [0.05, 0.1) is 24.6 Å². The van der Waals surface area contributed by atoms with Crippen LogP contribution in [0.1, 0.15) is 36.9 Å². The molecule has 0 bridgehead atoms. The summed E-state index contributed by atoms with van der Waals surface area (Å²) in [5.74, 6) is 0.460. The van der Waals surface area contributed by atoms with Crippen LogP contribution in [0.3, 0.4) is 0 Å². The van der Waals surface area contributed by atoms with Crippen LogP contribution >= 0.6 is 0 Å². The Morgan fingerprint density at radius 2 is 2.09 bits per heavy atom. The fourth-order valence-corrected chi connectivity index (χ4v) is 2.95.